The van der Waals surface area contributed by atoms with Crippen molar-refractivity contribution in [3.05, 3.63) is 131 Å². The number of imidazole rings is 2. The quantitative estimate of drug-likeness (QED) is 0.147. The van der Waals surface area contributed by atoms with Gasteiger partial charge < -0.3 is 19.8 Å². The molecule has 10 nitrogen and oxygen atoms in total. The van der Waals surface area contributed by atoms with Crippen LogP contribution in [0.2, 0.25) is 0 Å². The monoisotopic (exact) mass is 774 g/mol. The summed E-state index contributed by atoms with van der Waals surface area (Å²) in [5, 5.41) is 0. The van der Waals surface area contributed by atoms with Crippen molar-refractivity contribution in [1.29, 1.82) is 0 Å². The first kappa shape index (κ1) is 38.0. The SMILES string of the molecule is O=C([C@@H](c1ccccc1)N1CCCCC1)N1CCC[C@H]1c1ncc(C#Cc2ccc(-c3cnc([C@@H]4CCCN4C(=O)[C@@H](c4ccccc4)N4CCCCC4)[nH]3)cc2)[nH]1. The Morgan fingerprint density at radius 2 is 1.05 bits per heavy atom. The lowest BCUT2D eigenvalue weighted by Gasteiger charge is -2.37. The lowest BCUT2D eigenvalue weighted by molar-refractivity contribution is -0.139. The molecule has 0 unspecified atom stereocenters. The van der Waals surface area contributed by atoms with Crippen LogP contribution in [0.4, 0.5) is 0 Å². The molecule has 4 atom stereocenters. The van der Waals surface area contributed by atoms with E-state index >= 15 is 0 Å². The zero-order valence-corrected chi connectivity index (χ0v) is 33.4. The first-order valence-electron chi connectivity index (χ1n) is 21.5. The van der Waals surface area contributed by atoms with Gasteiger partial charge in [0, 0.05) is 18.7 Å². The van der Waals surface area contributed by atoms with Gasteiger partial charge in [-0.3, -0.25) is 19.4 Å². The minimum absolute atomic E-state index is 0.0731. The van der Waals surface area contributed by atoms with Crippen LogP contribution in [0.25, 0.3) is 11.3 Å². The van der Waals surface area contributed by atoms with Gasteiger partial charge in [0.15, 0.2) is 0 Å². The van der Waals surface area contributed by atoms with Gasteiger partial charge in [-0.05, 0) is 112 Å². The van der Waals surface area contributed by atoms with Crippen molar-refractivity contribution in [1.82, 2.24) is 39.5 Å². The molecule has 2 aromatic heterocycles. The largest absolute Gasteiger partial charge is 0.340 e. The molecule has 298 valence electrons. The first-order chi connectivity index (χ1) is 28.6. The first-order valence-corrected chi connectivity index (χ1v) is 21.5. The van der Waals surface area contributed by atoms with E-state index in [0.717, 1.165) is 136 Å². The van der Waals surface area contributed by atoms with Crippen LogP contribution < -0.4 is 0 Å². The molecule has 58 heavy (non-hydrogen) atoms. The summed E-state index contributed by atoms with van der Waals surface area (Å²) in [6.45, 7) is 5.28. The predicted molar refractivity (Wildman–Crippen MR) is 225 cm³/mol. The number of carbonyl (C=O) groups is 2. The van der Waals surface area contributed by atoms with E-state index in [1.165, 1.54) is 12.8 Å². The number of piperidine rings is 2. The molecule has 4 fully saturated rings. The van der Waals surface area contributed by atoms with Crippen LogP contribution >= 0.6 is 0 Å². The van der Waals surface area contributed by atoms with E-state index in [4.69, 9.17) is 9.97 Å². The Balaban J connectivity index is 0.862. The third-order valence-corrected chi connectivity index (χ3v) is 12.6. The minimum atomic E-state index is -0.267. The number of rotatable bonds is 9. The summed E-state index contributed by atoms with van der Waals surface area (Å²) in [6, 6.07) is 28.0. The minimum Gasteiger partial charge on any atom is -0.340 e. The predicted octanol–water partition coefficient (Wildman–Crippen LogP) is 7.98. The summed E-state index contributed by atoms with van der Waals surface area (Å²) in [7, 11) is 0. The maximum atomic E-state index is 14.4. The zero-order valence-electron chi connectivity index (χ0n) is 33.4. The molecular weight excluding hydrogens is 721 g/mol. The summed E-state index contributed by atoms with van der Waals surface area (Å²) in [4.78, 5) is 54.1. The molecule has 2 amide bonds. The van der Waals surface area contributed by atoms with Crippen molar-refractivity contribution < 1.29 is 9.59 Å². The molecule has 4 aliphatic heterocycles. The van der Waals surface area contributed by atoms with E-state index in [2.05, 4.69) is 72.9 Å². The van der Waals surface area contributed by atoms with Gasteiger partial charge in [0.2, 0.25) is 11.8 Å². The van der Waals surface area contributed by atoms with Crippen molar-refractivity contribution in [2.24, 2.45) is 0 Å². The average Bonchev–Trinajstić information content (AvgIpc) is 4.13. The fraction of sp³-hybridized carbons (Fsp3) is 0.417. The molecule has 0 bridgehead atoms. The summed E-state index contributed by atoms with van der Waals surface area (Å²) < 4.78 is 0. The molecule has 0 aliphatic carbocycles. The van der Waals surface area contributed by atoms with Gasteiger partial charge in [-0.25, -0.2) is 9.97 Å². The molecule has 0 spiro atoms. The van der Waals surface area contributed by atoms with Gasteiger partial charge >= 0.3 is 0 Å². The lowest BCUT2D eigenvalue weighted by atomic mass is 10.00. The lowest BCUT2D eigenvalue weighted by Crippen LogP contribution is -2.44. The molecule has 6 heterocycles. The molecule has 0 radical (unpaired) electrons. The zero-order chi connectivity index (χ0) is 39.3. The number of likely N-dealkylation sites (tertiary alicyclic amines) is 4. The Bertz CT molecular complexity index is 2210. The van der Waals surface area contributed by atoms with Gasteiger partial charge in [-0.1, -0.05) is 91.6 Å². The second kappa shape index (κ2) is 17.6. The summed E-state index contributed by atoms with van der Waals surface area (Å²) in [5.41, 5.74) is 5.71. The molecule has 2 N–H and O–H groups in total. The van der Waals surface area contributed by atoms with Crippen molar-refractivity contribution in [3.63, 3.8) is 0 Å². The molecular formula is C48H54N8O2. The summed E-state index contributed by atoms with van der Waals surface area (Å²) in [5.74, 6) is 8.56. The second-order valence-electron chi connectivity index (χ2n) is 16.4. The second-order valence-corrected chi connectivity index (χ2v) is 16.4. The van der Waals surface area contributed by atoms with Crippen molar-refractivity contribution in [2.45, 2.75) is 88.4 Å². The maximum absolute atomic E-state index is 14.4. The average molecular weight is 775 g/mol. The van der Waals surface area contributed by atoms with E-state index in [1.807, 2.05) is 59.6 Å². The highest BCUT2D eigenvalue weighted by molar-refractivity contribution is 5.84. The van der Waals surface area contributed by atoms with Gasteiger partial charge in [-0.15, -0.1) is 0 Å². The number of nitrogens with one attached hydrogen (secondary N) is 2. The van der Waals surface area contributed by atoms with E-state index < -0.39 is 0 Å². The Labute approximate surface area is 342 Å². The fourth-order valence-corrected chi connectivity index (χ4v) is 9.68. The summed E-state index contributed by atoms with van der Waals surface area (Å²) in [6.07, 6.45) is 14.3. The van der Waals surface area contributed by atoms with Crippen LogP contribution in [0.1, 0.15) is 122 Å². The standard InChI is InChI=1S/C48H54N8O2/c57-47(43(37-15-5-1-6-16-37)53-27-9-3-10-28-53)55-31-13-19-41(55)45-49-33-39(51-45)26-23-35-21-24-36(25-22-35)40-34-50-46(52-40)42-20-14-32-56(42)48(58)44(38-17-7-2-8-18-38)54-29-11-4-12-30-54/h1-2,5-8,15-18,21-22,24-25,33-34,41-44H,3-4,9-14,19-20,27-32H2,(H,49,51)(H,50,52)/t41-,42-,43+,44+/m0/s1. The Morgan fingerprint density at radius 3 is 1.59 bits per heavy atom. The van der Waals surface area contributed by atoms with Crippen LogP contribution in [0.3, 0.4) is 0 Å². The van der Waals surface area contributed by atoms with Crippen LogP contribution in [0.5, 0.6) is 0 Å². The fourth-order valence-electron chi connectivity index (χ4n) is 9.68. The number of H-pyrrole nitrogens is 2. The molecule has 3 aromatic carbocycles. The van der Waals surface area contributed by atoms with E-state index in [0.29, 0.717) is 0 Å². The Morgan fingerprint density at radius 1 is 0.552 bits per heavy atom. The number of carbonyl (C=O) groups excluding carboxylic acids is 2. The third kappa shape index (κ3) is 8.11. The van der Waals surface area contributed by atoms with E-state index in [9.17, 15) is 9.59 Å². The van der Waals surface area contributed by atoms with Crippen molar-refractivity contribution in [3.8, 4) is 23.1 Å². The molecule has 9 rings (SSSR count). The number of benzene rings is 3. The van der Waals surface area contributed by atoms with Crippen LogP contribution in [0, 0.1) is 11.8 Å². The maximum Gasteiger partial charge on any atom is 0.245 e. The van der Waals surface area contributed by atoms with Crippen LogP contribution in [-0.2, 0) is 9.59 Å². The number of nitrogens with zero attached hydrogens (tertiary/aromatic N) is 6. The molecule has 4 saturated heterocycles. The van der Waals surface area contributed by atoms with Gasteiger partial charge in [0.05, 0.1) is 30.2 Å². The topological polar surface area (TPSA) is 104 Å². The number of aromatic nitrogens is 4. The molecule has 5 aromatic rings. The Hall–Kier alpha value is -5.50. The van der Waals surface area contributed by atoms with E-state index in [-0.39, 0.29) is 36.0 Å². The number of aromatic amines is 2. The van der Waals surface area contributed by atoms with Gasteiger partial charge in [-0.2, -0.15) is 0 Å². The number of hydrogen-bond donors (Lipinski definition) is 2. The van der Waals surface area contributed by atoms with Crippen molar-refractivity contribution >= 4 is 11.8 Å². The van der Waals surface area contributed by atoms with Crippen LogP contribution in [0.15, 0.2) is 97.3 Å². The number of amides is 2. The molecule has 0 saturated carbocycles. The Kier molecular flexibility index (Phi) is 11.5. The summed E-state index contributed by atoms with van der Waals surface area (Å²) >= 11 is 0. The highest BCUT2D eigenvalue weighted by Gasteiger charge is 2.40. The smallest absolute Gasteiger partial charge is 0.245 e. The third-order valence-electron chi connectivity index (χ3n) is 12.6. The number of hydrogen-bond acceptors (Lipinski definition) is 6. The van der Waals surface area contributed by atoms with Crippen molar-refractivity contribution in [2.75, 3.05) is 39.3 Å². The van der Waals surface area contributed by atoms with Crippen LogP contribution in [-0.4, -0.2) is 90.6 Å². The highest BCUT2D eigenvalue weighted by atomic mass is 16.2. The van der Waals surface area contributed by atoms with Gasteiger partial charge in [0.1, 0.15) is 29.4 Å². The molecule has 10 heteroatoms. The molecule has 4 aliphatic rings. The highest BCUT2D eigenvalue weighted by Crippen LogP contribution is 2.38. The van der Waals surface area contributed by atoms with Gasteiger partial charge in [0.25, 0.3) is 0 Å². The van der Waals surface area contributed by atoms with E-state index in [1.54, 1.807) is 6.20 Å². The normalized spacial score (nSPS) is 21.4.